The van der Waals surface area contributed by atoms with Crippen molar-refractivity contribution in [1.82, 2.24) is 0 Å². The van der Waals surface area contributed by atoms with Gasteiger partial charge in [-0.25, -0.2) is 0 Å². The Labute approximate surface area is 390 Å². The van der Waals surface area contributed by atoms with Crippen LogP contribution in [0.1, 0.15) is 87.1 Å². The molecule has 1 aliphatic carbocycles. The molecule has 0 saturated heterocycles. The molecular formula is C57H62IrN2SSi-2. The predicted octanol–water partition coefficient (Wildman–Crippen LogP) is 14.6. The van der Waals surface area contributed by atoms with E-state index < -0.39 is 8.07 Å². The van der Waals surface area contributed by atoms with Crippen LogP contribution in [0.3, 0.4) is 0 Å². The van der Waals surface area contributed by atoms with Gasteiger partial charge in [0.05, 0.1) is 31.9 Å². The van der Waals surface area contributed by atoms with Gasteiger partial charge in [-0.15, -0.1) is 23.0 Å². The first-order valence-corrected chi connectivity index (χ1v) is 26.4. The summed E-state index contributed by atoms with van der Waals surface area (Å²) >= 11 is 1.87. The molecule has 0 aliphatic heterocycles. The summed E-state index contributed by atoms with van der Waals surface area (Å²) in [6, 6.07) is 39.7. The van der Waals surface area contributed by atoms with Crippen molar-refractivity contribution >= 4 is 55.5 Å². The number of benzene rings is 5. The molecule has 5 aromatic carbocycles. The quantitative estimate of drug-likeness (QED) is 0.0854. The summed E-state index contributed by atoms with van der Waals surface area (Å²) in [6.45, 7) is 27.6. The van der Waals surface area contributed by atoms with Crippen LogP contribution in [0, 0.1) is 40.8 Å². The van der Waals surface area contributed by atoms with Gasteiger partial charge in [0.1, 0.15) is 0 Å². The molecule has 1 aliphatic rings. The molecule has 1 radical (unpaired) electrons. The van der Waals surface area contributed by atoms with E-state index >= 15 is 0 Å². The summed E-state index contributed by atoms with van der Waals surface area (Å²) in [7, 11) is 7.27. The van der Waals surface area contributed by atoms with E-state index in [9.17, 15) is 0 Å². The fourth-order valence-electron chi connectivity index (χ4n) is 9.86. The van der Waals surface area contributed by atoms with Gasteiger partial charge in [0.2, 0.25) is 0 Å². The molecular weight excluding hydrogens is 965 g/mol. The van der Waals surface area contributed by atoms with Gasteiger partial charge in [0.15, 0.2) is 0 Å². The van der Waals surface area contributed by atoms with Crippen LogP contribution < -0.4 is 14.3 Å². The first-order valence-electron chi connectivity index (χ1n) is 22.0. The number of nitrogens with zero attached hydrogens (tertiary/aromatic N) is 2. The predicted molar refractivity (Wildman–Crippen MR) is 267 cm³/mol. The topological polar surface area (TPSA) is 7.76 Å². The number of pyridine rings is 2. The van der Waals surface area contributed by atoms with Crippen molar-refractivity contribution in [2.24, 2.45) is 5.92 Å². The van der Waals surface area contributed by atoms with Crippen molar-refractivity contribution in [3.05, 3.63) is 177 Å². The maximum absolute atomic E-state index is 4.46. The number of aryl methyl sites for hydroxylation is 1. The Balaban J connectivity index is 0.000000192. The Bertz CT molecular complexity index is 2910. The number of hydrogen-bond acceptors (Lipinski definition) is 1. The molecule has 9 rings (SSSR count). The van der Waals surface area contributed by atoms with Crippen LogP contribution in [0.5, 0.6) is 0 Å². The van der Waals surface area contributed by atoms with Gasteiger partial charge in [0.25, 0.3) is 0 Å². The standard InChI is InChI=1S/C33H32NS.C24H30NSi.Ir/c1-22-14-16-28-27-17-15-24(23-10-6-5-7-11-23)20-30(27)35-32(28)31(22)29-21-26(18-19-34(29)4)33(2,3)25-12-8-9-13-25;1-16(2)21-14-22(25(5)15-23(21)26(6,7)8)24-18(4)13-17(3)19-11-9-10-12-20(19)24;/h5-7,10-11,14-21,25H,1,4,8-9,12-13H2,2-3H3;9-16H,4-5H2,1-3,6-8H3;/q2*-1;. The van der Waals surface area contributed by atoms with E-state index in [1.807, 2.05) is 15.9 Å². The average molecular weight is 1030 g/mol. The molecule has 8 aromatic rings. The molecule has 321 valence electrons. The van der Waals surface area contributed by atoms with Crippen LogP contribution in [0.2, 0.25) is 19.6 Å². The monoisotopic (exact) mass is 1030 g/mol. The SMILES string of the molecule is [CH2-]c1cc(C)c2ccccc2c1-c1cc(C(C)C)c([Si](C)(C)C)c[n+]1[CH2-].[CH2-]c1ccc2c(sc3cc(-c4ccccc4)ccc32)c1-c1cc(C(C)(C)C2CCCC2)cc[n+]1[CH2-].[Ir]. The summed E-state index contributed by atoms with van der Waals surface area (Å²) in [4.78, 5) is 0. The maximum atomic E-state index is 4.46. The third-order valence-electron chi connectivity index (χ3n) is 13.5. The Kier molecular flexibility index (Phi) is 13.0. The molecule has 3 heterocycles. The summed E-state index contributed by atoms with van der Waals surface area (Å²) in [5.74, 6) is 1.23. The molecule has 0 spiro atoms. The molecule has 3 aromatic heterocycles. The van der Waals surface area contributed by atoms with Crippen molar-refractivity contribution in [2.75, 3.05) is 0 Å². The zero-order valence-electron chi connectivity index (χ0n) is 38.0. The van der Waals surface area contributed by atoms with Gasteiger partial charge >= 0.3 is 0 Å². The third-order valence-corrected chi connectivity index (χ3v) is 16.7. The first-order chi connectivity index (χ1) is 29.0. The average Bonchev–Trinajstić information content (AvgIpc) is 3.91. The van der Waals surface area contributed by atoms with Crippen LogP contribution in [0.4, 0.5) is 0 Å². The van der Waals surface area contributed by atoms with Crippen molar-refractivity contribution in [3.8, 4) is 33.6 Å². The number of aromatic nitrogens is 2. The van der Waals surface area contributed by atoms with Crippen molar-refractivity contribution < 1.29 is 29.2 Å². The second-order valence-corrected chi connectivity index (χ2v) is 25.4. The minimum absolute atomic E-state index is 0. The molecule has 0 bridgehead atoms. The van der Waals surface area contributed by atoms with Crippen molar-refractivity contribution in [1.29, 1.82) is 0 Å². The maximum Gasteiger partial charge on any atom is 0.0709 e. The fourth-order valence-corrected chi connectivity index (χ4v) is 12.9. The van der Waals surface area contributed by atoms with Crippen molar-refractivity contribution in [2.45, 2.75) is 91.3 Å². The normalized spacial score (nSPS) is 13.4. The van der Waals surface area contributed by atoms with E-state index in [1.54, 1.807) is 0 Å². The van der Waals surface area contributed by atoms with Gasteiger partial charge in [-0.3, -0.25) is 0 Å². The molecule has 1 fully saturated rings. The Morgan fingerprint density at radius 3 is 2.00 bits per heavy atom. The molecule has 0 atom stereocenters. The molecule has 1 saturated carbocycles. The summed E-state index contributed by atoms with van der Waals surface area (Å²) < 4.78 is 6.69. The van der Waals surface area contributed by atoms with Crippen LogP contribution in [-0.2, 0) is 25.5 Å². The second-order valence-electron chi connectivity index (χ2n) is 19.3. The Morgan fingerprint density at radius 1 is 0.677 bits per heavy atom. The molecule has 62 heavy (non-hydrogen) atoms. The minimum Gasteiger partial charge on any atom is -0.343 e. The Morgan fingerprint density at radius 2 is 1.32 bits per heavy atom. The molecule has 0 N–H and O–H groups in total. The summed E-state index contributed by atoms with van der Waals surface area (Å²) in [6.07, 6.45) is 9.79. The zero-order chi connectivity index (χ0) is 43.4. The van der Waals surface area contributed by atoms with Gasteiger partial charge in [0, 0.05) is 38.9 Å². The molecule has 2 nitrogen and oxygen atoms in total. The van der Waals surface area contributed by atoms with Gasteiger partial charge in [-0.05, 0) is 73.3 Å². The number of hydrogen-bond donors (Lipinski definition) is 0. The summed E-state index contributed by atoms with van der Waals surface area (Å²) in [5, 5.41) is 6.64. The number of rotatable bonds is 7. The van der Waals surface area contributed by atoms with E-state index in [1.165, 1.54) is 101 Å². The van der Waals surface area contributed by atoms with E-state index in [0.29, 0.717) is 5.92 Å². The van der Waals surface area contributed by atoms with Crippen LogP contribution >= 0.6 is 11.3 Å². The summed E-state index contributed by atoms with van der Waals surface area (Å²) in [5.41, 5.74) is 13.6. The van der Waals surface area contributed by atoms with E-state index in [0.717, 1.165) is 28.4 Å². The van der Waals surface area contributed by atoms with Crippen molar-refractivity contribution in [3.63, 3.8) is 0 Å². The third kappa shape index (κ3) is 8.50. The largest absolute Gasteiger partial charge is 0.343 e. The first kappa shape index (κ1) is 45.3. The van der Waals surface area contributed by atoms with Crippen LogP contribution in [0.15, 0.2) is 122 Å². The van der Waals surface area contributed by atoms with E-state index in [2.05, 4.69) is 208 Å². The number of thiophene rings is 1. The zero-order valence-corrected chi connectivity index (χ0v) is 42.2. The smallest absolute Gasteiger partial charge is 0.0709 e. The van der Waals surface area contributed by atoms with Crippen LogP contribution in [0.25, 0.3) is 64.6 Å². The molecule has 0 unspecified atom stereocenters. The van der Waals surface area contributed by atoms with E-state index in [4.69, 9.17) is 0 Å². The second kappa shape index (κ2) is 17.8. The van der Waals surface area contributed by atoms with E-state index in [-0.39, 0.29) is 25.5 Å². The minimum atomic E-state index is -1.45. The fraction of sp³-hybridized carbons (Fsp3) is 0.263. The number of fused-ring (bicyclic) bond motifs is 4. The Hall–Kier alpha value is -4.77. The van der Waals surface area contributed by atoms with Crippen LogP contribution in [-0.4, -0.2) is 8.07 Å². The van der Waals surface area contributed by atoms with Gasteiger partial charge in [-0.1, -0.05) is 180 Å². The van der Waals surface area contributed by atoms with Gasteiger partial charge < -0.3 is 9.13 Å². The van der Waals surface area contributed by atoms with Gasteiger partial charge in [-0.2, -0.15) is 37.1 Å². The molecule has 0 amide bonds. The molecule has 5 heteroatoms.